The summed E-state index contributed by atoms with van der Waals surface area (Å²) in [6, 6.07) is 9.26. The van der Waals surface area contributed by atoms with Crippen molar-refractivity contribution in [2.75, 3.05) is 0 Å². The quantitative estimate of drug-likeness (QED) is 0.481. The van der Waals surface area contributed by atoms with Gasteiger partial charge in [0.2, 0.25) is 0 Å². The van der Waals surface area contributed by atoms with Gasteiger partial charge in [-0.25, -0.2) is 0 Å². The second-order valence-electron chi connectivity index (χ2n) is 7.57. The molecule has 2 unspecified atom stereocenters. The molecule has 1 saturated carbocycles. The first kappa shape index (κ1) is 19.0. The highest BCUT2D eigenvalue weighted by atomic mass is 16.4. The highest BCUT2D eigenvalue weighted by molar-refractivity contribution is 5.66. The fourth-order valence-corrected chi connectivity index (χ4v) is 4.03. The average Bonchev–Trinajstić information content (AvgIpc) is 3.06. The van der Waals surface area contributed by atoms with E-state index in [0.29, 0.717) is 18.3 Å². The molecular formula is C22H34O2. The Labute approximate surface area is 147 Å². The van der Waals surface area contributed by atoms with Gasteiger partial charge in [0.05, 0.1) is 0 Å². The van der Waals surface area contributed by atoms with E-state index in [4.69, 9.17) is 5.11 Å². The smallest absolute Gasteiger partial charge is 0.303 e. The fourth-order valence-electron chi connectivity index (χ4n) is 4.03. The Balaban J connectivity index is 1.69. The fraction of sp³-hybridized carbons (Fsp3) is 0.682. The Bertz CT molecular complexity index is 477. The molecule has 2 heteroatoms. The number of aliphatic carboxylic acids is 1. The van der Waals surface area contributed by atoms with E-state index in [9.17, 15) is 4.79 Å². The summed E-state index contributed by atoms with van der Waals surface area (Å²) in [4.78, 5) is 10.7. The Hall–Kier alpha value is -1.31. The Morgan fingerprint density at radius 1 is 1.04 bits per heavy atom. The lowest BCUT2D eigenvalue weighted by molar-refractivity contribution is -0.137. The SMILES string of the molecule is CCCCCCCCc1ccc(C2CCC(CCC(=O)O)C2)cc1. The molecule has 2 rings (SSSR count). The molecule has 1 aliphatic carbocycles. The Morgan fingerprint density at radius 3 is 2.46 bits per heavy atom. The standard InChI is InChI=1S/C22H34O2/c1-2-3-4-5-6-7-8-18-9-13-20(14-10-18)21-15-11-19(17-21)12-16-22(23)24/h9-10,13-14,19,21H,2-8,11-12,15-17H2,1H3,(H,23,24). The van der Waals surface area contributed by atoms with E-state index in [1.54, 1.807) is 0 Å². The third-order valence-electron chi connectivity index (χ3n) is 5.58. The lowest BCUT2D eigenvalue weighted by Gasteiger charge is -2.12. The van der Waals surface area contributed by atoms with Crippen molar-refractivity contribution in [1.82, 2.24) is 0 Å². The molecule has 0 aromatic heterocycles. The molecule has 1 N–H and O–H groups in total. The number of carbonyl (C=O) groups is 1. The van der Waals surface area contributed by atoms with Crippen molar-refractivity contribution in [2.24, 2.45) is 5.92 Å². The maximum atomic E-state index is 10.7. The number of hydrogen-bond donors (Lipinski definition) is 1. The van der Waals surface area contributed by atoms with E-state index >= 15 is 0 Å². The van der Waals surface area contributed by atoms with Gasteiger partial charge < -0.3 is 5.11 Å². The van der Waals surface area contributed by atoms with Gasteiger partial charge in [-0.2, -0.15) is 0 Å². The zero-order valence-corrected chi connectivity index (χ0v) is 15.3. The molecular weight excluding hydrogens is 296 g/mol. The zero-order chi connectivity index (χ0) is 17.2. The van der Waals surface area contributed by atoms with Gasteiger partial charge in [-0.3, -0.25) is 4.79 Å². The zero-order valence-electron chi connectivity index (χ0n) is 15.3. The number of unbranched alkanes of at least 4 members (excludes halogenated alkanes) is 5. The number of rotatable bonds is 11. The molecule has 0 heterocycles. The molecule has 1 aromatic carbocycles. The molecule has 0 amide bonds. The van der Waals surface area contributed by atoms with Crippen molar-refractivity contribution in [3.05, 3.63) is 35.4 Å². The van der Waals surface area contributed by atoms with Crippen LogP contribution in [0.4, 0.5) is 0 Å². The van der Waals surface area contributed by atoms with Crippen molar-refractivity contribution >= 4 is 5.97 Å². The van der Waals surface area contributed by atoms with E-state index in [-0.39, 0.29) is 0 Å². The maximum Gasteiger partial charge on any atom is 0.303 e. The molecule has 24 heavy (non-hydrogen) atoms. The maximum absolute atomic E-state index is 10.7. The minimum Gasteiger partial charge on any atom is -0.481 e. The largest absolute Gasteiger partial charge is 0.481 e. The van der Waals surface area contributed by atoms with Crippen LogP contribution in [-0.2, 0) is 11.2 Å². The summed E-state index contributed by atoms with van der Waals surface area (Å²) in [5.41, 5.74) is 2.93. The van der Waals surface area contributed by atoms with Crippen LogP contribution in [0.1, 0.15) is 94.6 Å². The van der Waals surface area contributed by atoms with Crippen molar-refractivity contribution in [3.63, 3.8) is 0 Å². The van der Waals surface area contributed by atoms with Gasteiger partial charge in [0.15, 0.2) is 0 Å². The first-order valence-corrected chi connectivity index (χ1v) is 9.99. The minimum atomic E-state index is -0.655. The van der Waals surface area contributed by atoms with Crippen LogP contribution in [0.15, 0.2) is 24.3 Å². The molecule has 1 fully saturated rings. The average molecular weight is 331 g/mol. The molecule has 1 aliphatic rings. The lowest BCUT2D eigenvalue weighted by atomic mass is 9.93. The monoisotopic (exact) mass is 330 g/mol. The first-order valence-electron chi connectivity index (χ1n) is 9.99. The summed E-state index contributed by atoms with van der Waals surface area (Å²) < 4.78 is 0. The van der Waals surface area contributed by atoms with Crippen molar-refractivity contribution in [3.8, 4) is 0 Å². The summed E-state index contributed by atoms with van der Waals surface area (Å²) >= 11 is 0. The molecule has 134 valence electrons. The van der Waals surface area contributed by atoms with Crippen molar-refractivity contribution < 1.29 is 9.90 Å². The van der Waals surface area contributed by atoms with E-state index in [1.165, 1.54) is 75.3 Å². The van der Waals surface area contributed by atoms with Gasteiger partial charge in [-0.05, 0) is 61.5 Å². The lowest BCUT2D eigenvalue weighted by Crippen LogP contribution is -2.01. The van der Waals surface area contributed by atoms with Gasteiger partial charge in [0.25, 0.3) is 0 Å². The van der Waals surface area contributed by atoms with Gasteiger partial charge in [0.1, 0.15) is 0 Å². The van der Waals surface area contributed by atoms with Gasteiger partial charge in [0, 0.05) is 6.42 Å². The summed E-state index contributed by atoms with van der Waals surface area (Å²) in [7, 11) is 0. The normalized spacial score (nSPS) is 20.4. The highest BCUT2D eigenvalue weighted by Gasteiger charge is 2.25. The van der Waals surface area contributed by atoms with Crippen LogP contribution in [0.5, 0.6) is 0 Å². The Kier molecular flexibility index (Phi) is 8.35. The van der Waals surface area contributed by atoms with Crippen LogP contribution in [0.2, 0.25) is 0 Å². The summed E-state index contributed by atoms with van der Waals surface area (Å²) in [6.45, 7) is 2.26. The van der Waals surface area contributed by atoms with Crippen molar-refractivity contribution in [1.29, 1.82) is 0 Å². The van der Waals surface area contributed by atoms with E-state index in [1.807, 2.05) is 0 Å². The molecule has 2 atom stereocenters. The van der Waals surface area contributed by atoms with Crippen LogP contribution in [0.25, 0.3) is 0 Å². The molecule has 1 aromatic rings. The molecule has 0 spiro atoms. The van der Waals surface area contributed by atoms with E-state index < -0.39 is 5.97 Å². The number of aryl methyl sites for hydroxylation is 1. The predicted molar refractivity (Wildman–Crippen MR) is 100 cm³/mol. The van der Waals surface area contributed by atoms with Gasteiger partial charge >= 0.3 is 5.97 Å². The molecule has 0 aliphatic heterocycles. The summed E-state index contributed by atoms with van der Waals surface area (Å²) in [5, 5.41) is 8.82. The number of carboxylic acids is 1. The van der Waals surface area contributed by atoms with Crippen LogP contribution in [0, 0.1) is 5.92 Å². The predicted octanol–water partition coefficient (Wildman–Crippen LogP) is 6.34. The number of benzene rings is 1. The second kappa shape index (κ2) is 10.5. The molecule has 2 nitrogen and oxygen atoms in total. The summed E-state index contributed by atoms with van der Waals surface area (Å²) in [5.74, 6) is 0.596. The van der Waals surface area contributed by atoms with E-state index in [0.717, 1.165) is 6.42 Å². The molecule has 0 saturated heterocycles. The topological polar surface area (TPSA) is 37.3 Å². The van der Waals surface area contributed by atoms with Gasteiger partial charge in [-0.15, -0.1) is 0 Å². The van der Waals surface area contributed by atoms with Gasteiger partial charge in [-0.1, -0.05) is 63.3 Å². The van der Waals surface area contributed by atoms with Crippen LogP contribution >= 0.6 is 0 Å². The highest BCUT2D eigenvalue weighted by Crippen LogP contribution is 2.40. The van der Waals surface area contributed by atoms with Crippen LogP contribution in [0.3, 0.4) is 0 Å². The van der Waals surface area contributed by atoms with Crippen LogP contribution < -0.4 is 0 Å². The van der Waals surface area contributed by atoms with E-state index in [2.05, 4.69) is 31.2 Å². The number of hydrogen-bond acceptors (Lipinski definition) is 1. The molecule has 0 radical (unpaired) electrons. The third kappa shape index (κ3) is 6.67. The summed E-state index contributed by atoms with van der Waals surface area (Å²) in [6.07, 6.45) is 14.1. The number of carboxylic acid groups (broad SMARTS) is 1. The third-order valence-corrected chi connectivity index (χ3v) is 5.58. The minimum absolute atomic E-state index is 0.328. The van der Waals surface area contributed by atoms with Crippen LogP contribution in [-0.4, -0.2) is 11.1 Å². The van der Waals surface area contributed by atoms with Crippen molar-refractivity contribution in [2.45, 2.75) is 89.9 Å². The Morgan fingerprint density at radius 2 is 1.75 bits per heavy atom. The molecule has 0 bridgehead atoms. The first-order chi connectivity index (χ1) is 11.7. The second-order valence-corrected chi connectivity index (χ2v) is 7.57.